The van der Waals surface area contributed by atoms with Gasteiger partial charge in [0.1, 0.15) is 0 Å². The minimum atomic E-state index is -1.92. The van der Waals surface area contributed by atoms with Gasteiger partial charge in [-0.15, -0.1) is 0 Å². The molecule has 64 valence electrons. The topological polar surface area (TPSA) is 110 Å². The fourth-order valence-corrected chi connectivity index (χ4v) is 0.163. The van der Waals surface area contributed by atoms with Gasteiger partial charge in [-0.05, 0) is 0 Å². The molecule has 0 aliphatic carbocycles. The number of ether oxygens (including phenoxy) is 2. The second-order valence-corrected chi connectivity index (χ2v) is 0.986. The summed E-state index contributed by atoms with van der Waals surface area (Å²) in [5.74, 6) is 0. The van der Waals surface area contributed by atoms with Crippen molar-refractivity contribution >= 4 is 18.5 Å². The van der Waals surface area contributed by atoms with Crippen LogP contribution in [0.25, 0.3) is 0 Å². The smallest absolute Gasteiger partial charge is 1.00 e. The molecule has 0 aliphatic rings. The van der Waals surface area contributed by atoms with E-state index in [4.69, 9.17) is 10.2 Å². The summed E-state index contributed by atoms with van der Waals surface area (Å²) in [6, 6.07) is 0. The predicted octanol–water partition coefficient (Wildman–Crippen LogP) is -11.0. The normalized spacial score (nSPS) is 5.71. The van der Waals surface area contributed by atoms with Crippen LogP contribution in [0.2, 0.25) is 0 Å². The molecule has 2 N–H and O–H groups in total. The fourth-order valence-electron chi connectivity index (χ4n) is 0.163. The van der Waals surface area contributed by atoms with Crippen LogP contribution in [0.1, 0.15) is 5.71 Å². The van der Waals surface area contributed by atoms with Gasteiger partial charge in [-0.2, -0.15) is 0 Å². The second kappa shape index (κ2) is 18.1. The van der Waals surface area contributed by atoms with Crippen LogP contribution in [-0.2, 0) is 9.47 Å². The van der Waals surface area contributed by atoms with E-state index < -0.39 is 18.5 Å². The van der Waals surface area contributed by atoms with Crippen molar-refractivity contribution < 1.29 is 180 Å². The average Bonchev–Trinajstić information content (AvgIpc) is 1.58. The fraction of sp³-hybridized carbons (Fsp3) is 0. The molecule has 0 amide bonds. The van der Waals surface area contributed by atoms with Crippen molar-refractivity contribution in [3.8, 4) is 0 Å². The van der Waals surface area contributed by atoms with Gasteiger partial charge in [-0.25, -0.2) is 14.4 Å². The first kappa shape index (κ1) is 30.1. The maximum Gasteiger partial charge on any atom is 1.00 e. The molecule has 0 unspecified atom stereocenters. The van der Waals surface area contributed by atoms with Crippen LogP contribution in [0.3, 0.4) is 0 Å². The summed E-state index contributed by atoms with van der Waals surface area (Å²) in [6.07, 6.45) is -5.64. The van der Waals surface area contributed by atoms with Gasteiger partial charge >= 0.3 is 159 Å². The van der Waals surface area contributed by atoms with Crippen molar-refractivity contribution in [1.82, 2.24) is 0 Å². The van der Waals surface area contributed by atoms with Crippen molar-refractivity contribution in [1.29, 1.82) is 0 Å². The molecule has 0 radical (unpaired) electrons. The predicted molar refractivity (Wildman–Crippen MR) is 28.1 cm³/mol. The van der Waals surface area contributed by atoms with E-state index in [1.807, 2.05) is 0 Å². The number of carbonyl (C=O) groups excluding carboxylic acids is 1. The van der Waals surface area contributed by atoms with Gasteiger partial charge in [0, 0.05) is 0 Å². The Morgan fingerprint density at radius 2 is 1.07 bits per heavy atom. The summed E-state index contributed by atoms with van der Waals surface area (Å²) in [5, 5.41) is 15.4. The largest absolute Gasteiger partial charge is 1.00 e. The molecule has 0 atom stereocenters. The van der Waals surface area contributed by atoms with Gasteiger partial charge in [-0.3, -0.25) is 0 Å². The molecule has 0 bridgehead atoms. The quantitative estimate of drug-likeness (QED) is 0.248. The molecule has 0 aromatic rings. The van der Waals surface area contributed by atoms with E-state index in [2.05, 4.69) is 9.47 Å². The molecule has 0 aromatic heterocycles. The monoisotopic (exact) mass is 246 g/mol. The molecule has 0 saturated heterocycles. The Morgan fingerprint density at radius 3 is 1.21 bits per heavy atom. The van der Waals surface area contributed by atoms with E-state index in [-0.39, 0.29) is 146 Å². The third-order valence-electron chi connectivity index (χ3n) is 0.341. The number of rotatable bonds is 0. The van der Waals surface area contributed by atoms with Crippen LogP contribution in [-0.4, -0.2) is 28.7 Å². The zero-order chi connectivity index (χ0) is 8.15. The Kier molecular flexibility index (Phi) is 38.8. The average molecular weight is 246 g/mol. The molecular formula is C3H6K2Li2O7. The van der Waals surface area contributed by atoms with Crippen molar-refractivity contribution in [3.63, 3.8) is 0 Å². The van der Waals surface area contributed by atoms with Gasteiger partial charge < -0.3 is 25.4 Å². The third kappa shape index (κ3) is 24.1. The maximum atomic E-state index is 9.86. The summed E-state index contributed by atoms with van der Waals surface area (Å²) in [6.45, 7) is 0. The van der Waals surface area contributed by atoms with Crippen LogP contribution >= 0.6 is 0 Å². The van der Waals surface area contributed by atoms with Gasteiger partial charge in [0.2, 0.25) is 0 Å². The minimum absolute atomic E-state index is 0. The van der Waals surface area contributed by atoms with Gasteiger partial charge in [0.05, 0.1) is 0 Å². The van der Waals surface area contributed by atoms with E-state index in [1.54, 1.807) is 0 Å². The zero-order valence-corrected chi connectivity index (χ0v) is 14.7. The second-order valence-electron chi connectivity index (χ2n) is 0.986. The minimum Gasteiger partial charge on any atom is -1.00 e. The molecule has 0 spiro atoms. The van der Waals surface area contributed by atoms with E-state index >= 15 is 0 Å². The molecular weight excluding hydrogens is 240 g/mol. The third-order valence-corrected chi connectivity index (χ3v) is 0.341. The Hall–Kier alpha value is 2.68. The van der Waals surface area contributed by atoms with Gasteiger partial charge in [-0.1, -0.05) is 0 Å². The van der Waals surface area contributed by atoms with Crippen molar-refractivity contribution in [2.45, 2.75) is 0 Å². The molecule has 0 saturated carbocycles. The van der Waals surface area contributed by atoms with Crippen LogP contribution in [0, 0.1) is 0 Å². The summed E-state index contributed by atoms with van der Waals surface area (Å²) >= 11 is 0. The zero-order valence-electron chi connectivity index (χ0n) is 12.4. The van der Waals surface area contributed by atoms with E-state index in [0.717, 1.165) is 0 Å². The first-order chi connectivity index (χ1) is 4.52. The molecule has 0 aliphatic heterocycles. The summed E-state index contributed by atoms with van der Waals surface area (Å²) in [7, 11) is 0. The summed E-state index contributed by atoms with van der Waals surface area (Å²) < 4.78 is 6.47. The van der Waals surface area contributed by atoms with Crippen LogP contribution in [0.5, 0.6) is 0 Å². The number of hydrogen-bond acceptors (Lipinski definition) is 5. The Bertz CT molecular complexity index is 182. The van der Waals surface area contributed by atoms with Crippen molar-refractivity contribution in [3.05, 3.63) is 0 Å². The number of carbonyl (C=O) groups is 3. The molecule has 0 heterocycles. The standard InChI is InChI=1S/C3H2O7.2K.2Li.4H/c4-1(5)9-3(8)10-2(6)7;;;;;;;;/h(H,4,5)(H,6,7);;;;;;;;/q;4*+1;4*-1. The number of carboxylic acid groups (broad SMARTS) is 2. The molecule has 14 heavy (non-hydrogen) atoms. The first-order valence-corrected chi connectivity index (χ1v) is 1.88. The van der Waals surface area contributed by atoms with E-state index in [1.165, 1.54) is 0 Å². The Morgan fingerprint density at radius 1 is 0.857 bits per heavy atom. The molecule has 0 fully saturated rings. The SMILES string of the molecule is O=C(O)OC(=O)OC(=O)O.[H-].[H-].[H-].[H-].[K+].[K+].[Li+].[Li+]. The first-order valence-electron chi connectivity index (χ1n) is 1.88. The molecule has 11 heteroatoms. The maximum absolute atomic E-state index is 9.86. The van der Waals surface area contributed by atoms with Crippen LogP contribution < -0.4 is 140 Å². The van der Waals surface area contributed by atoms with E-state index in [0.29, 0.717) is 0 Å². The van der Waals surface area contributed by atoms with Gasteiger partial charge in [0.25, 0.3) is 0 Å². The summed E-state index contributed by atoms with van der Waals surface area (Å²) in [5.41, 5.74) is 0. The number of hydrogen-bond donors (Lipinski definition) is 2. The van der Waals surface area contributed by atoms with Gasteiger partial charge in [0.15, 0.2) is 0 Å². The molecule has 0 rings (SSSR count). The van der Waals surface area contributed by atoms with Crippen LogP contribution in [0.15, 0.2) is 0 Å². The van der Waals surface area contributed by atoms with E-state index in [9.17, 15) is 14.4 Å². The molecule has 7 nitrogen and oxygen atoms in total. The van der Waals surface area contributed by atoms with Crippen LogP contribution in [0.4, 0.5) is 14.4 Å². The van der Waals surface area contributed by atoms with Crippen molar-refractivity contribution in [2.24, 2.45) is 0 Å². The Balaban J connectivity index is -0.0000000145. The molecule has 0 aromatic carbocycles. The Labute approximate surface area is 194 Å². The van der Waals surface area contributed by atoms with Crippen molar-refractivity contribution in [2.75, 3.05) is 0 Å². The summed E-state index contributed by atoms with van der Waals surface area (Å²) in [4.78, 5) is 28.8.